The molecule has 130 valence electrons. The van der Waals surface area contributed by atoms with Gasteiger partial charge in [0.15, 0.2) is 0 Å². The lowest BCUT2D eigenvalue weighted by molar-refractivity contribution is -0.134. The number of hydrogen-bond acceptors (Lipinski definition) is 3. The molecular weight excluding hydrogens is 383 g/mol. The first-order valence-electron chi connectivity index (χ1n) is 7.40. The standard InChI is InChI=1S/C15H18BrFN4O3/c1-4-15(8(2)3)12(22)21(14(24)19-15)20-13(23)18-11-6-5-9(16)7-10(11)17/h5-8H,4H2,1-3H3,(H,19,24)(H2,18,20,23). The molecule has 0 aromatic heterocycles. The van der Waals surface area contributed by atoms with Crippen LogP contribution in [0.3, 0.4) is 0 Å². The van der Waals surface area contributed by atoms with Gasteiger partial charge in [0.1, 0.15) is 11.4 Å². The Labute approximate surface area is 147 Å². The SMILES string of the molecule is CCC1(C(C)C)NC(=O)N(NC(=O)Nc2ccc(Br)cc2F)C1=O. The highest BCUT2D eigenvalue weighted by atomic mass is 79.9. The summed E-state index contributed by atoms with van der Waals surface area (Å²) >= 11 is 3.11. The summed E-state index contributed by atoms with van der Waals surface area (Å²) in [5, 5.41) is 5.50. The van der Waals surface area contributed by atoms with Crippen LogP contribution in [0, 0.1) is 11.7 Å². The van der Waals surface area contributed by atoms with Gasteiger partial charge in [-0.2, -0.15) is 5.01 Å². The molecule has 1 aliphatic rings. The quantitative estimate of drug-likeness (QED) is 0.678. The molecule has 1 atom stereocenters. The van der Waals surface area contributed by atoms with Gasteiger partial charge in [-0.1, -0.05) is 36.7 Å². The molecular formula is C15H18BrFN4O3. The van der Waals surface area contributed by atoms with E-state index in [0.29, 0.717) is 15.9 Å². The smallest absolute Gasteiger partial charge is 0.321 e. The normalized spacial score (nSPS) is 20.3. The molecule has 5 amide bonds. The lowest BCUT2D eigenvalue weighted by atomic mass is 9.84. The predicted octanol–water partition coefficient (Wildman–Crippen LogP) is 2.98. The third-order valence-electron chi connectivity index (χ3n) is 4.05. The van der Waals surface area contributed by atoms with Gasteiger partial charge in [0, 0.05) is 4.47 Å². The van der Waals surface area contributed by atoms with E-state index in [4.69, 9.17) is 0 Å². The molecule has 2 rings (SSSR count). The lowest BCUT2D eigenvalue weighted by Crippen LogP contribution is -2.53. The van der Waals surface area contributed by atoms with Gasteiger partial charge in [-0.15, -0.1) is 0 Å². The number of hydrogen-bond donors (Lipinski definition) is 3. The minimum atomic E-state index is -1.06. The molecule has 0 spiro atoms. The second-order valence-corrected chi connectivity index (χ2v) is 6.66. The molecule has 24 heavy (non-hydrogen) atoms. The summed E-state index contributed by atoms with van der Waals surface area (Å²) in [6, 6.07) is 2.48. The average Bonchev–Trinajstić information content (AvgIpc) is 2.75. The van der Waals surface area contributed by atoms with Crippen LogP contribution in [0.1, 0.15) is 27.2 Å². The minimum absolute atomic E-state index is 0.0756. The fourth-order valence-electron chi connectivity index (χ4n) is 2.58. The Balaban J connectivity index is 2.11. The third kappa shape index (κ3) is 3.21. The Morgan fingerprint density at radius 1 is 1.42 bits per heavy atom. The van der Waals surface area contributed by atoms with Crippen molar-refractivity contribution in [3.8, 4) is 0 Å². The number of benzene rings is 1. The van der Waals surface area contributed by atoms with Crippen LogP contribution in [0.4, 0.5) is 19.7 Å². The van der Waals surface area contributed by atoms with Gasteiger partial charge in [0.05, 0.1) is 5.69 Å². The molecule has 0 saturated carbocycles. The summed E-state index contributed by atoms with van der Waals surface area (Å²) in [5.41, 5.74) is 1.02. The maximum atomic E-state index is 13.7. The zero-order chi connectivity index (χ0) is 18.1. The van der Waals surface area contributed by atoms with Gasteiger partial charge in [-0.25, -0.2) is 19.4 Å². The second-order valence-electron chi connectivity index (χ2n) is 5.74. The second kappa shape index (κ2) is 6.76. The Morgan fingerprint density at radius 3 is 2.58 bits per heavy atom. The van der Waals surface area contributed by atoms with E-state index >= 15 is 0 Å². The van der Waals surface area contributed by atoms with Crippen LogP contribution < -0.4 is 16.1 Å². The van der Waals surface area contributed by atoms with Crippen molar-refractivity contribution in [1.29, 1.82) is 0 Å². The van der Waals surface area contributed by atoms with Crippen LogP contribution in [-0.4, -0.2) is 28.5 Å². The van der Waals surface area contributed by atoms with Gasteiger partial charge in [-0.3, -0.25) is 4.79 Å². The predicted molar refractivity (Wildman–Crippen MR) is 89.5 cm³/mol. The Morgan fingerprint density at radius 2 is 2.08 bits per heavy atom. The van der Waals surface area contributed by atoms with E-state index in [-0.39, 0.29) is 11.6 Å². The molecule has 1 heterocycles. The van der Waals surface area contributed by atoms with Crippen LogP contribution in [-0.2, 0) is 4.79 Å². The summed E-state index contributed by atoms with van der Waals surface area (Å²) < 4.78 is 14.2. The first-order valence-corrected chi connectivity index (χ1v) is 8.20. The molecule has 3 N–H and O–H groups in total. The van der Waals surface area contributed by atoms with Crippen molar-refractivity contribution in [2.75, 3.05) is 5.32 Å². The molecule has 1 saturated heterocycles. The van der Waals surface area contributed by atoms with Gasteiger partial charge in [0.25, 0.3) is 5.91 Å². The van der Waals surface area contributed by atoms with E-state index in [2.05, 4.69) is 32.0 Å². The molecule has 9 heteroatoms. The topological polar surface area (TPSA) is 90.5 Å². The van der Waals surface area contributed by atoms with Crippen molar-refractivity contribution in [3.05, 3.63) is 28.5 Å². The van der Waals surface area contributed by atoms with E-state index in [1.807, 2.05) is 13.8 Å². The Kier molecular flexibility index (Phi) is 5.12. The van der Waals surface area contributed by atoms with Crippen molar-refractivity contribution in [2.45, 2.75) is 32.7 Å². The third-order valence-corrected chi connectivity index (χ3v) is 4.55. The van der Waals surface area contributed by atoms with Crippen LogP contribution in [0.25, 0.3) is 0 Å². The van der Waals surface area contributed by atoms with Crippen molar-refractivity contribution in [3.63, 3.8) is 0 Å². The first-order chi connectivity index (χ1) is 11.2. The van der Waals surface area contributed by atoms with Crippen molar-refractivity contribution >= 4 is 39.6 Å². The van der Waals surface area contributed by atoms with E-state index in [1.54, 1.807) is 13.0 Å². The van der Waals surface area contributed by atoms with Crippen LogP contribution in [0.15, 0.2) is 22.7 Å². The number of imide groups is 1. The number of urea groups is 2. The summed E-state index contributed by atoms with van der Waals surface area (Å²) in [6.45, 7) is 5.39. The molecule has 1 aromatic carbocycles. The fourth-order valence-corrected chi connectivity index (χ4v) is 2.91. The van der Waals surface area contributed by atoms with Crippen LogP contribution >= 0.6 is 15.9 Å². The van der Waals surface area contributed by atoms with Gasteiger partial charge in [0.2, 0.25) is 0 Å². The highest BCUT2D eigenvalue weighted by Gasteiger charge is 2.52. The minimum Gasteiger partial charge on any atom is -0.321 e. The van der Waals surface area contributed by atoms with E-state index in [0.717, 1.165) is 0 Å². The maximum Gasteiger partial charge on any atom is 0.344 e. The fraction of sp³-hybridized carbons (Fsp3) is 0.400. The molecule has 7 nitrogen and oxygen atoms in total. The number of rotatable bonds is 4. The molecule has 0 bridgehead atoms. The van der Waals surface area contributed by atoms with Gasteiger partial charge >= 0.3 is 12.1 Å². The number of carbonyl (C=O) groups excluding carboxylic acids is 3. The van der Waals surface area contributed by atoms with Crippen LogP contribution in [0.5, 0.6) is 0 Å². The van der Waals surface area contributed by atoms with E-state index < -0.39 is 29.3 Å². The number of carbonyl (C=O) groups is 3. The number of nitrogens with zero attached hydrogens (tertiary/aromatic N) is 1. The number of hydrazine groups is 1. The summed E-state index contributed by atoms with van der Waals surface area (Å²) in [6.07, 6.45) is 0.385. The summed E-state index contributed by atoms with van der Waals surface area (Å²) in [5.74, 6) is -1.35. The van der Waals surface area contributed by atoms with Crippen LogP contribution in [0.2, 0.25) is 0 Å². The first kappa shape index (κ1) is 18.2. The van der Waals surface area contributed by atoms with E-state index in [9.17, 15) is 18.8 Å². The van der Waals surface area contributed by atoms with Crippen molar-refractivity contribution in [1.82, 2.24) is 15.8 Å². The van der Waals surface area contributed by atoms with E-state index in [1.165, 1.54) is 12.1 Å². The highest BCUT2D eigenvalue weighted by molar-refractivity contribution is 9.10. The summed E-state index contributed by atoms with van der Waals surface area (Å²) in [4.78, 5) is 36.6. The van der Waals surface area contributed by atoms with Gasteiger partial charge in [-0.05, 0) is 30.5 Å². The van der Waals surface area contributed by atoms with Gasteiger partial charge < -0.3 is 10.6 Å². The number of anilines is 1. The molecule has 1 unspecified atom stereocenters. The molecule has 1 fully saturated rings. The number of nitrogens with one attached hydrogen (secondary N) is 3. The zero-order valence-corrected chi connectivity index (χ0v) is 15.0. The Bertz CT molecular complexity index is 697. The molecule has 0 aliphatic carbocycles. The largest absolute Gasteiger partial charge is 0.344 e. The summed E-state index contributed by atoms with van der Waals surface area (Å²) in [7, 11) is 0. The molecule has 0 radical (unpaired) electrons. The Hall–Kier alpha value is -2.16. The number of halogens is 2. The highest BCUT2D eigenvalue weighted by Crippen LogP contribution is 2.28. The van der Waals surface area contributed by atoms with Crippen molar-refractivity contribution in [2.24, 2.45) is 5.92 Å². The monoisotopic (exact) mass is 400 g/mol. The maximum absolute atomic E-state index is 13.7. The zero-order valence-electron chi connectivity index (χ0n) is 13.4. The number of amides is 5. The average molecular weight is 401 g/mol. The molecule has 1 aliphatic heterocycles. The van der Waals surface area contributed by atoms with Crippen molar-refractivity contribution < 1.29 is 18.8 Å². The molecule has 1 aromatic rings. The lowest BCUT2D eigenvalue weighted by Gasteiger charge is -2.29.